The van der Waals surface area contributed by atoms with Crippen LogP contribution in [-0.2, 0) is 26.2 Å². The van der Waals surface area contributed by atoms with E-state index in [1.165, 1.54) is 24.1 Å². The van der Waals surface area contributed by atoms with E-state index < -0.39 is 34.1 Å². The van der Waals surface area contributed by atoms with Crippen molar-refractivity contribution in [3.63, 3.8) is 0 Å². The van der Waals surface area contributed by atoms with Gasteiger partial charge in [-0.2, -0.15) is 0 Å². The molecule has 0 radical (unpaired) electrons. The maximum atomic E-state index is 14.0. The van der Waals surface area contributed by atoms with E-state index in [1.807, 2.05) is 20.8 Å². The Bertz CT molecular complexity index is 1390. The molecule has 1 unspecified atom stereocenters. The zero-order valence-corrected chi connectivity index (χ0v) is 24.6. The normalized spacial score (nSPS) is 12.2. The summed E-state index contributed by atoms with van der Waals surface area (Å²) >= 11 is 0. The van der Waals surface area contributed by atoms with Crippen molar-refractivity contribution in [1.29, 1.82) is 0 Å². The number of ether oxygens (including phenoxy) is 2. The Balaban J connectivity index is 2.02. The number of amides is 2. The van der Waals surface area contributed by atoms with Gasteiger partial charge >= 0.3 is 0 Å². The molecular formula is C30H37N3O6S. The summed E-state index contributed by atoms with van der Waals surface area (Å²) in [6, 6.07) is 20.6. The Hall–Kier alpha value is -4.05. The standard InChI is InChI=1S/C30H37N3O6S/c1-22(29(35)31-30(2,3)4)32(20-23-12-16-25(38-5)17-13-23)28(34)21-33(24-14-18-26(39-6)19-15-24)40(36,37)27-10-8-7-9-11-27/h7-19,22H,20-21H2,1-6H3,(H,31,35). The topological polar surface area (TPSA) is 105 Å². The van der Waals surface area contributed by atoms with E-state index in [2.05, 4.69) is 5.32 Å². The predicted molar refractivity (Wildman–Crippen MR) is 155 cm³/mol. The molecule has 9 nitrogen and oxygen atoms in total. The minimum absolute atomic E-state index is 0.0406. The average molecular weight is 568 g/mol. The molecule has 10 heteroatoms. The predicted octanol–water partition coefficient (Wildman–Crippen LogP) is 4.23. The molecule has 3 aromatic rings. The third kappa shape index (κ3) is 7.75. The SMILES string of the molecule is COc1ccc(CN(C(=O)CN(c2ccc(OC)cc2)S(=O)(=O)c2ccccc2)C(C)C(=O)NC(C)(C)C)cc1. The number of carbonyl (C=O) groups is 2. The van der Waals surface area contributed by atoms with E-state index in [0.29, 0.717) is 11.5 Å². The van der Waals surface area contributed by atoms with Gasteiger partial charge in [0, 0.05) is 12.1 Å². The van der Waals surface area contributed by atoms with Crippen LogP contribution >= 0.6 is 0 Å². The van der Waals surface area contributed by atoms with Crippen LogP contribution in [0.1, 0.15) is 33.3 Å². The Kier molecular flexibility index (Phi) is 9.81. The van der Waals surface area contributed by atoms with Gasteiger partial charge in [0.2, 0.25) is 11.8 Å². The maximum Gasteiger partial charge on any atom is 0.264 e. The highest BCUT2D eigenvalue weighted by Crippen LogP contribution is 2.26. The minimum Gasteiger partial charge on any atom is -0.497 e. The van der Waals surface area contributed by atoms with Crippen LogP contribution in [0.25, 0.3) is 0 Å². The molecular weight excluding hydrogens is 530 g/mol. The molecule has 0 bridgehead atoms. The second kappa shape index (κ2) is 12.9. The van der Waals surface area contributed by atoms with Gasteiger partial charge in [-0.1, -0.05) is 30.3 Å². The number of benzene rings is 3. The molecule has 3 rings (SSSR count). The molecule has 0 aliphatic rings. The summed E-state index contributed by atoms with van der Waals surface area (Å²) < 4.78 is 39.1. The third-order valence-corrected chi connectivity index (χ3v) is 7.94. The van der Waals surface area contributed by atoms with E-state index in [0.717, 1.165) is 9.87 Å². The Morgan fingerprint density at radius 1 is 0.850 bits per heavy atom. The Labute approximate surface area is 236 Å². The molecule has 2 amide bonds. The van der Waals surface area contributed by atoms with Crippen molar-refractivity contribution in [3.8, 4) is 11.5 Å². The van der Waals surface area contributed by atoms with Crippen LogP contribution in [0, 0.1) is 0 Å². The molecule has 0 heterocycles. The van der Waals surface area contributed by atoms with Gasteiger partial charge in [-0.15, -0.1) is 0 Å². The highest BCUT2D eigenvalue weighted by atomic mass is 32.2. The number of carbonyl (C=O) groups excluding carboxylic acids is 2. The van der Waals surface area contributed by atoms with Crippen molar-refractivity contribution in [2.45, 2.75) is 50.7 Å². The van der Waals surface area contributed by atoms with E-state index in [1.54, 1.807) is 80.8 Å². The van der Waals surface area contributed by atoms with Gasteiger partial charge in [0.05, 0.1) is 24.8 Å². The fourth-order valence-electron chi connectivity index (χ4n) is 3.98. The molecule has 1 atom stereocenters. The molecule has 0 aliphatic carbocycles. The van der Waals surface area contributed by atoms with Crippen LogP contribution in [0.4, 0.5) is 5.69 Å². The van der Waals surface area contributed by atoms with E-state index >= 15 is 0 Å². The highest BCUT2D eigenvalue weighted by molar-refractivity contribution is 7.92. The zero-order chi connectivity index (χ0) is 29.5. The Morgan fingerprint density at radius 3 is 1.88 bits per heavy atom. The van der Waals surface area contributed by atoms with E-state index in [-0.39, 0.29) is 23.0 Å². The number of rotatable bonds is 11. The van der Waals surface area contributed by atoms with Crippen LogP contribution in [0.15, 0.2) is 83.8 Å². The molecule has 0 fully saturated rings. The number of methoxy groups -OCH3 is 2. The summed E-state index contributed by atoms with van der Waals surface area (Å²) in [4.78, 5) is 28.6. The van der Waals surface area contributed by atoms with E-state index in [4.69, 9.17) is 9.47 Å². The van der Waals surface area contributed by atoms with E-state index in [9.17, 15) is 18.0 Å². The van der Waals surface area contributed by atoms with Gasteiger partial charge in [-0.25, -0.2) is 8.42 Å². The lowest BCUT2D eigenvalue weighted by atomic mass is 10.1. The summed E-state index contributed by atoms with van der Waals surface area (Å²) in [5, 5.41) is 2.91. The maximum absolute atomic E-state index is 14.0. The number of nitrogens with one attached hydrogen (secondary N) is 1. The van der Waals surface area contributed by atoms with Crippen LogP contribution in [0.3, 0.4) is 0 Å². The van der Waals surface area contributed by atoms with Crippen molar-refractivity contribution < 1.29 is 27.5 Å². The van der Waals surface area contributed by atoms with Gasteiger partial charge < -0.3 is 19.7 Å². The van der Waals surface area contributed by atoms with Gasteiger partial charge in [0.1, 0.15) is 24.1 Å². The molecule has 1 N–H and O–H groups in total. The monoisotopic (exact) mass is 567 g/mol. The van der Waals surface area contributed by atoms with Crippen molar-refractivity contribution in [2.75, 3.05) is 25.1 Å². The third-order valence-electron chi connectivity index (χ3n) is 6.15. The molecule has 40 heavy (non-hydrogen) atoms. The molecule has 0 saturated heterocycles. The van der Waals surface area contributed by atoms with Crippen LogP contribution < -0.4 is 19.1 Å². The second-order valence-electron chi connectivity index (χ2n) is 10.3. The molecule has 214 valence electrons. The largest absolute Gasteiger partial charge is 0.497 e. The lowest BCUT2D eigenvalue weighted by Gasteiger charge is -2.33. The van der Waals surface area contributed by atoms with Crippen molar-refractivity contribution >= 4 is 27.5 Å². The van der Waals surface area contributed by atoms with Crippen LogP contribution in [0.5, 0.6) is 11.5 Å². The second-order valence-corrected chi connectivity index (χ2v) is 12.2. The van der Waals surface area contributed by atoms with Gasteiger partial charge in [0.25, 0.3) is 10.0 Å². The van der Waals surface area contributed by atoms with Crippen molar-refractivity contribution in [1.82, 2.24) is 10.2 Å². The fourth-order valence-corrected chi connectivity index (χ4v) is 5.42. The molecule has 0 aromatic heterocycles. The molecule has 0 spiro atoms. The quantitative estimate of drug-likeness (QED) is 0.372. The van der Waals surface area contributed by atoms with Crippen molar-refractivity contribution in [3.05, 3.63) is 84.4 Å². The number of hydrogen-bond acceptors (Lipinski definition) is 6. The lowest BCUT2D eigenvalue weighted by molar-refractivity contribution is -0.140. The van der Waals surface area contributed by atoms with Gasteiger partial charge in [0.15, 0.2) is 0 Å². The smallest absolute Gasteiger partial charge is 0.264 e. The highest BCUT2D eigenvalue weighted by Gasteiger charge is 2.33. The van der Waals surface area contributed by atoms with Gasteiger partial charge in [-0.3, -0.25) is 13.9 Å². The van der Waals surface area contributed by atoms with Crippen molar-refractivity contribution in [2.24, 2.45) is 0 Å². The summed E-state index contributed by atoms with van der Waals surface area (Å²) in [5.74, 6) is 0.305. The number of hydrogen-bond donors (Lipinski definition) is 1. The zero-order valence-electron chi connectivity index (χ0n) is 23.7. The average Bonchev–Trinajstić information content (AvgIpc) is 2.94. The summed E-state index contributed by atoms with van der Waals surface area (Å²) in [5.41, 5.74) is 0.520. The first-order valence-corrected chi connectivity index (χ1v) is 14.3. The van der Waals surface area contributed by atoms with Crippen LogP contribution in [-0.4, -0.2) is 57.5 Å². The number of sulfonamides is 1. The summed E-state index contributed by atoms with van der Waals surface area (Å²) in [6.07, 6.45) is 0. The lowest BCUT2D eigenvalue weighted by Crippen LogP contribution is -2.54. The summed E-state index contributed by atoms with van der Waals surface area (Å²) in [7, 11) is -1.06. The first-order chi connectivity index (χ1) is 18.9. The number of anilines is 1. The molecule has 0 aliphatic heterocycles. The first-order valence-electron chi connectivity index (χ1n) is 12.8. The fraction of sp³-hybridized carbons (Fsp3) is 0.333. The van der Waals surface area contributed by atoms with Crippen LogP contribution in [0.2, 0.25) is 0 Å². The number of nitrogens with zero attached hydrogens (tertiary/aromatic N) is 2. The molecule has 0 saturated carbocycles. The summed E-state index contributed by atoms with van der Waals surface area (Å²) in [6.45, 7) is 6.75. The first kappa shape index (κ1) is 30.5. The Morgan fingerprint density at radius 2 is 1.38 bits per heavy atom. The molecule has 3 aromatic carbocycles. The minimum atomic E-state index is -4.13. The van der Waals surface area contributed by atoms with Gasteiger partial charge in [-0.05, 0) is 81.8 Å².